The fraction of sp³-hybridized carbons (Fsp3) is 0.462. The van der Waals surface area contributed by atoms with Crippen LogP contribution in [0.3, 0.4) is 0 Å². The van der Waals surface area contributed by atoms with Crippen LogP contribution in [0, 0.1) is 11.7 Å². The van der Waals surface area contributed by atoms with Crippen LogP contribution < -0.4 is 5.73 Å². The Balaban J connectivity index is 2.87. The third-order valence-corrected chi connectivity index (χ3v) is 3.06. The zero-order valence-electron chi connectivity index (χ0n) is 10.5. The lowest BCUT2D eigenvalue weighted by Gasteiger charge is -2.27. The van der Waals surface area contributed by atoms with Gasteiger partial charge in [-0.1, -0.05) is 25.1 Å². The molecule has 0 bridgehead atoms. The average molecular weight is 238 g/mol. The number of nitrogens with zero attached hydrogens (tertiary/aromatic N) is 1. The number of amides is 1. The fourth-order valence-electron chi connectivity index (χ4n) is 1.66. The smallest absolute Gasteiger partial charge is 0.226 e. The van der Waals surface area contributed by atoms with E-state index in [1.165, 1.54) is 11.0 Å². The van der Waals surface area contributed by atoms with Gasteiger partial charge in [0.2, 0.25) is 5.91 Å². The summed E-state index contributed by atoms with van der Waals surface area (Å²) in [7, 11) is 1.67. The molecule has 1 aromatic carbocycles. The molecule has 0 aromatic heterocycles. The molecule has 17 heavy (non-hydrogen) atoms. The first-order chi connectivity index (χ1) is 7.99. The Morgan fingerprint density at radius 1 is 1.41 bits per heavy atom. The number of carbonyl (C=O) groups is 1. The van der Waals surface area contributed by atoms with Crippen LogP contribution in [-0.4, -0.2) is 24.4 Å². The van der Waals surface area contributed by atoms with Crippen LogP contribution >= 0.6 is 0 Å². The largest absolute Gasteiger partial charge is 0.339 e. The topological polar surface area (TPSA) is 46.3 Å². The van der Waals surface area contributed by atoms with Crippen molar-refractivity contribution in [2.75, 3.05) is 13.6 Å². The molecule has 3 nitrogen and oxygen atoms in total. The van der Waals surface area contributed by atoms with E-state index in [1.54, 1.807) is 39.1 Å². The zero-order valence-corrected chi connectivity index (χ0v) is 10.5. The van der Waals surface area contributed by atoms with Gasteiger partial charge in [-0.2, -0.15) is 0 Å². The predicted molar refractivity (Wildman–Crippen MR) is 65.8 cm³/mol. The first kappa shape index (κ1) is 13.6. The van der Waals surface area contributed by atoms with Gasteiger partial charge in [0.25, 0.3) is 0 Å². The molecule has 2 N–H and O–H groups in total. The normalized spacial score (nSPS) is 14.2. The van der Waals surface area contributed by atoms with Crippen molar-refractivity contribution >= 4 is 5.91 Å². The van der Waals surface area contributed by atoms with Gasteiger partial charge in [-0.3, -0.25) is 4.79 Å². The molecular formula is C13H19FN2O. The number of halogens is 1. The Hall–Kier alpha value is -1.42. The molecule has 94 valence electrons. The highest BCUT2D eigenvalue weighted by Crippen LogP contribution is 2.22. The highest BCUT2D eigenvalue weighted by Gasteiger charge is 2.23. The minimum absolute atomic E-state index is 0.0664. The van der Waals surface area contributed by atoms with Crippen LogP contribution in [0.25, 0.3) is 0 Å². The van der Waals surface area contributed by atoms with Crippen LogP contribution in [0.5, 0.6) is 0 Å². The molecule has 0 aliphatic rings. The van der Waals surface area contributed by atoms with E-state index in [1.807, 2.05) is 0 Å². The summed E-state index contributed by atoms with van der Waals surface area (Å²) in [6, 6.07) is 6.20. The number of carbonyl (C=O) groups excluding carboxylic acids is 1. The Morgan fingerprint density at radius 2 is 2.00 bits per heavy atom. The van der Waals surface area contributed by atoms with Gasteiger partial charge in [-0.05, 0) is 13.0 Å². The maximum atomic E-state index is 13.6. The van der Waals surface area contributed by atoms with Gasteiger partial charge >= 0.3 is 0 Å². The van der Waals surface area contributed by atoms with Gasteiger partial charge in [0.15, 0.2) is 0 Å². The van der Waals surface area contributed by atoms with E-state index in [-0.39, 0.29) is 23.7 Å². The first-order valence-electron chi connectivity index (χ1n) is 5.70. The number of rotatable bonds is 4. The molecule has 0 heterocycles. The van der Waals surface area contributed by atoms with Gasteiger partial charge < -0.3 is 10.6 Å². The summed E-state index contributed by atoms with van der Waals surface area (Å²) in [5.74, 6) is -0.600. The van der Waals surface area contributed by atoms with Crippen molar-refractivity contribution < 1.29 is 9.18 Å². The number of hydrogen-bond donors (Lipinski definition) is 1. The van der Waals surface area contributed by atoms with Gasteiger partial charge in [0.1, 0.15) is 5.82 Å². The molecular weight excluding hydrogens is 219 g/mol. The Labute approximate surface area is 101 Å². The second kappa shape index (κ2) is 5.77. The lowest BCUT2D eigenvalue weighted by atomic mass is 10.0. The Bertz CT molecular complexity index is 395. The Morgan fingerprint density at radius 3 is 2.53 bits per heavy atom. The van der Waals surface area contributed by atoms with Crippen molar-refractivity contribution in [3.05, 3.63) is 35.6 Å². The van der Waals surface area contributed by atoms with Crippen LogP contribution in [0.2, 0.25) is 0 Å². The summed E-state index contributed by atoms with van der Waals surface area (Å²) in [6.45, 7) is 3.87. The van der Waals surface area contributed by atoms with Crippen molar-refractivity contribution in [2.45, 2.75) is 19.9 Å². The summed E-state index contributed by atoms with van der Waals surface area (Å²) < 4.78 is 13.6. The predicted octanol–water partition coefficient (Wildman–Crippen LogP) is 1.94. The zero-order chi connectivity index (χ0) is 13.0. The van der Waals surface area contributed by atoms with Gasteiger partial charge in [0.05, 0.1) is 6.04 Å². The third-order valence-electron chi connectivity index (χ3n) is 3.06. The molecule has 0 aliphatic carbocycles. The lowest BCUT2D eigenvalue weighted by Crippen LogP contribution is -2.37. The average Bonchev–Trinajstić information content (AvgIpc) is 2.35. The molecule has 2 atom stereocenters. The highest BCUT2D eigenvalue weighted by atomic mass is 19.1. The van der Waals surface area contributed by atoms with E-state index in [9.17, 15) is 9.18 Å². The Kier molecular flexibility index (Phi) is 4.63. The van der Waals surface area contributed by atoms with E-state index < -0.39 is 0 Å². The standard InChI is InChI=1S/C13H19FN2O/c1-9(8-15)13(17)16(3)10(2)11-6-4-5-7-12(11)14/h4-7,9-10H,8,15H2,1-3H3. The molecule has 0 aliphatic heterocycles. The molecule has 0 radical (unpaired) electrons. The van der Waals surface area contributed by atoms with E-state index in [2.05, 4.69) is 0 Å². The van der Waals surface area contributed by atoms with Gasteiger partial charge in [0, 0.05) is 25.1 Å². The first-order valence-corrected chi connectivity index (χ1v) is 5.70. The van der Waals surface area contributed by atoms with Crippen molar-refractivity contribution in [2.24, 2.45) is 11.7 Å². The molecule has 0 saturated carbocycles. The van der Waals surface area contributed by atoms with Gasteiger partial charge in [-0.15, -0.1) is 0 Å². The second-order valence-electron chi connectivity index (χ2n) is 4.28. The molecule has 1 aromatic rings. The van der Waals surface area contributed by atoms with E-state index in [4.69, 9.17) is 5.73 Å². The summed E-state index contributed by atoms with van der Waals surface area (Å²) in [5.41, 5.74) is 5.98. The molecule has 4 heteroatoms. The highest BCUT2D eigenvalue weighted by molar-refractivity contribution is 5.78. The SMILES string of the molecule is CC(CN)C(=O)N(C)C(C)c1ccccc1F. The molecule has 0 fully saturated rings. The van der Waals surface area contributed by atoms with Crippen LogP contribution in [0.4, 0.5) is 4.39 Å². The van der Waals surface area contributed by atoms with Crippen LogP contribution in [0.15, 0.2) is 24.3 Å². The molecule has 1 rings (SSSR count). The number of benzene rings is 1. The monoisotopic (exact) mass is 238 g/mol. The maximum absolute atomic E-state index is 13.6. The van der Waals surface area contributed by atoms with Crippen molar-refractivity contribution in [3.8, 4) is 0 Å². The summed E-state index contributed by atoms with van der Waals surface area (Å²) >= 11 is 0. The number of nitrogens with two attached hydrogens (primary N) is 1. The minimum Gasteiger partial charge on any atom is -0.339 e. The fourth-order valence-corrected chi connectivity index (χ4v) is 1.66. The quantitative estimate of drug-likeness (QED) is 0.871. The second-order valence-corrected chi connectivity index (χ2v) is 4.28. The van der Waals surface area contributed by atoms with E-state index in [0.717, 1.165) is 0 Å². The van der Waals surface area contributed by atoms with E-state index >= 15 is 0 Å². The third kappa shape index (κ3) is 3.03. The summed E-state index contributed by atoms with van der Waals surface area (Å²) in [5, 5.41) is 0. The van der Waals surface area contributed by atoms with Crippen molar-refractivity contribution in [1.29, 1.82) is 0 Å². The van der Waals surface area contributed by atoms with Crippen molar-refractivity contribution in [1.82, 2.24) is 4.90 Å². The molecule has 2 unspecified atom stereocenters. The van der Waals surface area contributed by atoms with Crippen molar-refractivity contribution in [3.63, 3.8) is 0 Å². The maximum Gasteiger partial charge on any atom is 0.226 e. The van der Waals surface area contributed by atoms with Crippen LogP contribution in [-0.2, 0) is 4.79 Å². The molecule has 1 amide bonds. The summed E-state index contributed by atoms with van der Waals surface area (Å²) in [4.78, 5) is 13.5. The lowest BCUT2D eigenvalue weighted by molar-refractivity contribution is -0.135. The molecule has 0 spiro atoms. The van der Waals surface area contributed by atoms with E-state index in [0.29, 0.717) is 12.1 Å². The molecule has 0 saturated heterocycles. The summed E-state index contributed by atoms with van der Waals surface area (Å²) in [6.07, 6.45) is 0. The minimum atomic E-state index is -0.294. The van der Waals surface area contributed by atoms with Crippen LogP contribution in [0.1, 0.15) is 25.5 Å². The number of hydrogen-bond acceptors (Lipinski definition) is 2. The van der Waals surface area contributed by atoms with Gasteiger partial charge in [-0.25, -0.2) is 4.39 Å².